The number of halogens is 1. The van der Waals surface area contributed by atoms with E-state index in [1.807, 2.05) is 25.1 Å². The molecule has 3 aromatic carbocycles. The summed E-state index contributed by atoms with van der Waals surface area (Å²) in [6.07, 6.45) is 0.305. The molecule has 0 aliphatic rings. The van der Waals surface area contributed by atoms with Crippen LogP contribution in [-0.2, 0) is 11.2 Å². The predicted octanol–water partition coefficient (Wildman–Crippen LogP) is 5.13. The third-order valence-corrected chi connectivity index (χ3v) is 5.55. The average Bonchev–Trinajstić information content (AvgIpc) is 2.87. The molecule has 0 radical (unpaired) electrons. The van der Waals surface area contributed by atoms with Crippen molar-refractivity contribution in [3.8, 4) is 17.2 Å². The molecule has 2 amide bonds. The van der Waals surface area contributed by atoms with E-state index in [0.29, 0.717) is 52.9 Å². The lowest BCUT2D eigenvalue weighted by Crippen LogP contribution is -2.33. The summed E-state index contributed by atoms with van der Waals surface area (Å²) in [5.41, 5.74) is 1.77. The molecule has 184 valence electrons. The Morgan fingerprint density at radius 1 is 0.943 bits per heavy atom. The molecule has 35 heavy (non-hydrogen) atoms. The number of nitrogens with one attached hydrogen (secondary N) is 2. The van der Waals surface area contributed by atoms with Crippen LogP contribution in [0.4, 0.5) is 5.69 Å². The van der Waals surface area contributed by atoms with E-state index in [4.69, 9.17) is 25.8 Å². The number of ether oxygens (including phenoxy) is 3. The molecule has 3 aromatic rings. The lowest BCUT2D eigenvalue weighted by atomic mass is 10.1. The van der Waals surface area contributed by atoms with E-state index in [1.165, 1.54) is 0 Å². The molecule has 0 aliphatic carbocycles. The molecule has 0 heterocycles. The normalized spacial score (nSPS) is 11.3. The van der Waals surface area contributed by atoms with E-state index in [2.05, 4.69) is 10.6 Å². The Morgan fingerprint density at radius 3 is 2.43 bits per heavy atom. The summed E-state index contributed by atoms with van der Waals surface area (Å²) in [6, 6.07) is 19.4. The minimum Gasteiger partial charge on any atom is -0.493 e. The van der Waals surface area contributed by atoms with Crippen molar-refractivity contribution < 1.29 is 23.8 Å². The smallest absolute Gasteiger partial charge is 0.265 e. The second kappa shape index (κ2) is 12.7. The molecule has 0 unspecified atom stereocenters. The van der Waals surface area contributed by atoms with Gasteiger partial charge in [0.2, 0.25) is 0 Å². The Morgan fingerprint density at radius 2 is 1.71 bits per heavy atom. The van der Waals surface area contributed by atoms with Gasteiger partial charge >= 0.3 is 0 Å². The predicted molar refractivity (Wildman–Crippen MR) is 137 cm³/mol. The minimum absolute atomic E-state index is 0.287. The number of rotatable bonds is 11. The summed E-state index contributed by atoms with van der Waals surface area (Å²) in [4.78, 5) is 25.8. The molecule has 1 atom stereocenters. The highest BCUT2D eigenvalue weighted by Gasteiger charge is 2.21. The first-order valence-corrected chi connectivity index (χ1v) is 11.6. The van der Waals surface area contributed by atoms with Crippen LogP contribution in [0.3, 0.4) is 0 Å². The minimum atomic E-state index is -0.741. The highest BCUT2D eigenvalue weighted by atomic mass is 35.5. The highest BCUT2D eigenvalue weighted by molar-refractivity contribution is 6.30. The van der Waals surface area contributed by atoms with Gasteiger partial charge in [0.15, 0.2) is 17.6 Å². The molecule has 7 nitrogen and oxygen atoms in total. The van der Waals surface area contributed by atoms with E-state index in [9.17, 15) is 9.59 Å². The van der Waals surface area contributed by atoms with Crippen molar-refractivity contribution in [3.63, 3.8) is 0 Å². The number of hydrogen-bond acceptors (Lipinski definition) is 5. The first-order chi connectivity index (χ1) is 16.9. The van der Waals surface area contributed by atoms with Gasteiger partial charge in [-0.05, 0) is 60.9 Å². The van der Waals surface area contributed by atoms with E-state index in [0.717, 1.165) is 5.56 Å². The number of benzene rings is 3. The Labute approximate surface area is 210 Å². The molecule has 8 heteroatoms. The molecule has 0 bridgehead atoms. The van der Waals surface area contributed by atoms with E-state index in [-0.39, 0.29) is 11.8 Å². The number of hydrogen-bond donors (Lipinski definition) is 2. The van der Waals surface area contributed by atoms with Crippen LogP contribution in [0.15, 0.2) is 66.7 Å². The molecule has 0 saturated heterocycles. The topological polar surface area (TPSA) is 85.9 Å². The van der Waals surface area contributed by atoms with Gasteiger partial charge in [-0.2, -0.15) is 0 Å². The standard InChI is InChI=1S/C27H29ClN2O5/c1-4-23(35-20-9-7-8-19(28)17-20)27(32)30-22-11-6-5-10-21(22)26(31)29-15-14-18-12-13-24(33-2)25(16-18)34-3/h5-13,16-17,23H,4,14-15H2,1-3H3,(H,29,31)(H,30,32)/t23-/m0/s1. The molecular formula is C27H29ClN2O5. The van der Waals surface area contributed by atoms with E-state index < -0.39 is 6.10 Å². The molecule has 0 aromatic heterocycles. The zero-order valence-electron chi connectivity index (χ0n) is 20.0. The SMILES string of the molecule is CC[C@H](Oc1cccc(Cl)c1)C(=O)Nc1ccccc1C(=O)NCCc1ccc(OC)c(OC)c1. The lowest BCUT2D eigenvalue weighted by Gasteiger charge is -2.18. The van der Waals surface area contributed by atoms with Crippen molar-refractivity contribution in [3.05, 3.63) is 82.9 Å². The molecule has 0 fully saturated rings. The van der Waals surface area contributed by atoms with Gasteiger partial charge in [-0.1, -0.05) is 42.8 Å². The number of carbonyl (C=O) groups is 2. The Kier molecular flexibility index (Phi) is 9.38. The van der Waals surface area contributed by atoms with Crippen LogP contribution in [0.1, 0.15) is 29.3 Å². The number of methoxy groups -OCH3 is 2. The van der Waals surface area contributed by atoms with E-state index in [1.54, 1.807) is 62.8 Å². The van der Waals surface area contributed by atoms with Crippen molar-refractivity contribution in [1.82, 2.24) is 5.32 Å². The first-order valence-electron chi connectivity index (χ1n) is 11.3. The Hall–Kier alpha value is -3.71. The van der Waals surface area contributed by atoms with Crippen LogP contribution in [0, 0.1) is 0 Å². The molecular weight excluding hydrogens is 468 g/mol. The summed E-state index contributed by atoms with van der Waals surface area (Å²) in [7, 11) is 3.16. The third-order valence-electron chi connectivity index (χ3n) is 5.31. The second-order valence-corrected chi connectivity index (χ2v) is 8.14. The van der Waals surface area contributed by atoms with Crippen molar-refractivity contribution in [2.45, 2.75) is 25.9 Å². The Balaban J connectivity index is 1.62. The maximum absolute atomic E-state index is 12.9. The zero-order valence-corrected chi connectivity index (χ0v) is 20.7. The van der Waals surface area contributed by atoms with Crippen molar-refractivity contribution in [2.75, 3.05) is 26.1 Å². The number of anilines is 1. The van der Waals surface area contributed by atoms with Crippen LogP contribution < -0.4 is 24.8 Å². The summed E-state index contributed by atoms with van der Waals surface area (Å²) in [5, 5.41) is 6.25. The van der Waals surface area contributed by atoms with Crippen molar-refractivity contribution in [2.24, 2.45) is 0 Å². The zero-order chi connectivity index (χ0) is 25.2. The van der Waals surface area contributed by atoms with Gasteiger partial charge in [-0.25, -0.2) is 0 Å². The monoisotopic (exact) mass is 496 g/mol. The molecule has 2 N–H and O–H groups in total. The summed E-state index contributed by atoms with van der Waals surface area (Å²) < 4.78 is 16.4. The quantitative estimate of drug-likeness (QED) is 0.384. The fourth-order valence-electron chi connectivity index (χ4n) is 3.48. The molecule has 0 aliphatic heterocycles. The van der Waals surface area contributed by atoms with E-state index >= 15 is 0 Å². The van der Waals surface area contributed by atoms with Gasteiger partial charge in [-0.15, -0.1) is 0 Å². The van der Waals surface area contributed by atoms with Gasteiger partial charge in [0.25, 0.3) is 11.8 Å². The van der Waals surface area contributed by atoms with Crippen LogP contribution >= 0.6 is 11.6 Å². The van der Waals surface area contributed by atoms with Gasteiger partial charge in [0.1, 0.15) is 5.75 Å². The first kappa shape index (κ1) is 25.9. The van der Waals surface area contributed by atoms with Gasteiger partial charge in [0.05, 0.1) is 25.5 Å². The second-order valence-electron chi connectivity index (χ2n) is 7.70. The fourth-order valence-corrected chi connectivity index (χ4v) is 3.66. The molecule has 0 saturated carbocycles. The van der Waals surface area contributed by atoms with Crippen LogP contribution in [-0.4, -0.2) is 38.7 Å². The van der Waals surface area contributed by atoms with Crippen LogP contribution in [0.25, 0.3) is 0 Å². The van der Waals surface area contributed by atoms with Crippen molar-refractivity contribution in [1.29, 1.82) is 0 Å². The largest absolute Gasteiger partial charge is 0.493 e. The fraction of sp³-hybridized carbons (Fsp3) is 0.259. The summed E-state index contributed by atoms with van der Waals surface area (Å²) >= 11 is 6.01. The molecule has 0 spiro atoms. The maximum atomic E-state index is 12.9. The average molecular weight is 497 g/mol. The number of carbonyl (C=O) groups excluding carboxylic acids is 2. The molecule has 3 rings (SSSR count). The summed E-state index contributed by atoms with van der Waals surface area (Å²) in [6.45, 7) is 2.26. The third kappa shape index (κ3) is 7.13. The maximum Gasteiger partial charge on any atom is 0.265 e. The number of amides is 2. The lowest BCUT2D eigenvalue weighted by molar-refractivity contribution is -0.122. The van der Waals surface area contributed by atoms with Gasteiger partial charge in [-0.3, -0.25) is 9.59 Å². The summed E-state index contributed by atoms with van der Waals surface area (Å²) in [5.74, 6) is 1.15. The Bertz CT molecular complexity index is 1170. The van der Waals surface area contributed by atoms with Crippen LogP contribution in [0.2, 0.25) is 5.02 Å². The van der Waals surface area contributed by atoms with Gasteiger partial charge < -0.3 is 24.8 Å². The van der Waals surface area contributed by atoms with Gasteiger partial charge in [0, 0.05) is 11.6 Å². The number of para-hydroxylation sites is 1. The van der Waals surface area contributed by atoms with Crippen molar-refractivity contribution >= 4 is 29.1 Å². The van der Waals surface area contributed by atoms with Crippen LogP contribution in [0.5, 0.6) is 17.2 Å². The highest BCUT2D eigenvalue weighted by Crippen LogP contribution is 2.27.